The summed E-state index contributed by atoms with van der Waals surface area (Å²) in [5, 5.41) is 2.85. The molecule has 0 bridgehead atoms. The molecule has 0 saturated carbocycles. The Morgan fingerprint density at radius 3 is 2.48 bits per heavy atom. The molecule has 1 aliphatic rings. The van der Waals surface area contributed by atoms with E-state index in [0.717, 1.165) is 25.2 Å². The van der Waals surface area contributed by atoms with E-state index < -0.39 is 0 Å². The van der Waals surface area contributed by atoms with Crippen LogP contribution in [0.15, 0.2) is 65.1 Å². The molecule has 1 amide bonds. The van der Waals surface area contributed by atoms with Gasteiger partial charge in [0.15, 0.2) is 11.5 Å². The second-order valence-corrected chi connectivity index (χ2v) is 7.77. The molecule has 1 atom stereocenters. The minimum absolute atomic E-state index is 0.181. The fraction of sp³-hybridized carbons (Fsp3) is 0.240. The summed E-state index contributed by atoms with van der Waals surface area (Å²) >= 11 is 0. The SMILES string of the molecule is CN(C)C1CCN(c2ccc(NC(=O)c3ccc(C#Cc4ccc(F)cc4)o3)cc2)C1. The van der Waals surface area contributed by atoms with Crippen LogP contribution in [0.2, 0.25) is 0 Å². The molecule has 0 aliphatic carbocycles. The molecule has 1 fully saturated rings. The van der Waals surface area contributed by atoms with Crippen molar-refractivity contribution >= 4 is 17.3 Å². The van der Waals surface area contributed by atoms with E-state index in [9.17, 15) is 9.18 Å². The number of furan rings is 1. The molecule has 1 saturated heterocycles. The molecule has 6 heteroatoms. The second-order valence-electron chi connectivity index (χ2n) is 7.77. The zero-order valence-corrected chi connectivity index (χ0v) is 17.6. The van der Waals surface area contributed by atoms with Crippen molar-refractivity contribution in [2.45, 2.75) is 12.5 Å². The predicted octanol–water partition coefficient (Wildman–Crippen LogP) is 4.21. The maximum absolute atomic E-state index is 13.0. The molecule has 1 aromatic heterocycles. The third kappa shape index (κ3) is 5.14. The van der Waals surface area contributed by atoms with Gasteiger partial charge in [-0.05, 0) is 87.1 Å². The fourth-order valence-electron chi connectivity index (χ4n) is 3.54. The van der Waals surface area contributed by atoms with Crippen LogP contribution in [0, 0.1) is 17.7 Å². The van der Waals surface area contributed by atoms with E-state index in [1.54, 1.807) is 24.3 Å². The van der Waals surface area contributed by atoms with Crippen molar-refractivity contribution in [3.05, 3.63) is 83.6 Å². The summed E-state index contributed by atoms with van der Waals surface area (Å²) in [5.41, 5.74) is 2.52. The second kappa shape index (κ2) is 9.07. The zero-order chi connectivity index (χ0) is 21.8. The van der Waals surface area contributed by atoms with E-state index in [1.165, 1.54) is 12.1 Å². The van der Waals surface area contributed by atoms with Gasteiger partial charge in [0.25, 0.3) is 5.91 Å². The van der Waals surface area contributed by atoms with Gasteiger partial charge in [-0.15, -0.1) is 0 Å². The molecule has 158 valence electrons. The Kier molecular flexibility index (Phi) is 6.06. The number of carbonyl (C=O) groups excluding carboxylic acids is 1. The van der Waals surface area contributed by atoms with E-state index in [4.69, 9.17) is 4.42 Å². The smallest absolute Gasteiger partial charge is 0.291 e. The van der Waals surface area contributed by atoms with Gasteiger partial charge in [-0.25, -0.2) is 4.39 Å². The third-order valence-electron chi connectivity index (χ3n) is 5.39. The molecule has 0 radical (unpaired) electrons. The van der Waals surface area contributed by atoms with Gasteiger partial charge in [-0.2, -0.15) is 0 Å². The summed E-state index contributed by atoms with van der Waals surface area (Å²) in [4.78, 5) is 17.1. The number of likely N-dealkylation sites (N-methyl/N-ethyl adjacent to an activating group) is 1. The standard InChI is InChI=1S/C25H24FN3O2/c1-28(2)22-15-16-29(17-22)21-10-8-20(9-11-21)27-25(30)24-14-13-23(31-24)12-5-18-3-6-19(26)7-4-18/h3-4,6-11,13-14,22H,15-17H2,1-2H3,(H,27,30). The van der Waals surface area contributed by atoms with Gasteiger partial charge in [0, 0.05) is 36.1 Å². The van der Waals surface area contributed by atoms with Crippen molar-refractivity contribution < 1.29 is 13.6 Å². The first-order valence-corrected chi connectivity index (χ1v) is 10.2. The summed E-state index contributed by atoms with van der Waals surface area (Å²) in [6.07, 6.45) is 1.15. The molecular weight excluding hydrogens is 393 g/mol. The molecule has 31 heavy (non-hydrogen) atoms. The van der Waals surface area contributed by atoms with Crippen LogP contribution in [-0.4, -0.2) is 44.0 Å². The fourth-order valence-corrected chi connectivity index (χ4v) is 3.54. The summed E-state index contributed by atoms with van der Waals surface area (Å²) in [5.74, 6) is 5.63. The van der Waals surface area contributed by atoms with Gasteiger partial charge < -0.3 is 19.5 Å². The molecule has 2 heterocycles. The van der Waals surface area contributed by atoms with Crippen molar-refractivity contribution in [3.63, 3.8) is 0 Å². The minimum atomic E-state index is -0.337. The van der Waals surface area contributed by atoms with Gasteiger partial charge in [-0.1, -0.05) is 5.92 Å². The van der Waals surface area contributed by atoms with Gasteiger partial charge in [0.1, 0.15) is 5.82 Å². The molecule has 5 nitrogen and oxygen atoms in total. The van der Waals surface area contributed by atoms with Crippen LogP contribution in [0.1, 0.15) is 28.3 Å². The number of hydrogen-bond acceptors (Lipinski definition) is 4. The van der Waals surface area contributed by atoms with Crippen molar-refractivity contribution in [2.24, 2.45) is 0 Å². The van der Waals surface area contributed by atoms with E-state index in [0.29, 0.717) is 23.1 Å². The van der Waals surface area contributed by atoms with Crippen LogP contribution in [-0.2, 0) is 0 Å². The van der Waals surface area contributed by atoms with Gasteiger partial charge in [0.2, 0.25) is 0 Å². The average Bonchev–Trinajstić information content (AvgIpc) is 3.44. The van der Waals surface area contributed by atoms with E-state index in [1.807, 2.05) is 24.3 Å². The number of benzene rings is 2. The highest BCUT2D eigenvalue weighted by Crippen LogP contribution is 2.24. The van der Waals surface area contributed by atoms with Gasteiger partial charge in [-0.3, -0.25) is 4.79 Å². The Labute approximate surface area is 181 Å². The Morgan fingerprint density at radius 1 is 1.06 bits per heavy atom. The van der Waals surface area contributed by atoms with E-state index in [-0.39, 0.29) is 17.5 Å². The van der Waals surface area contributed by atoms with Crippen LogP contribution < -0.4 is 10.2 Å². The highest BCUT2D eigenvalue weighted by atomic mass is 19.1. The number of carbonyl (C=O) groups is 1. The zero-order valence-electron chi connectivity index (χ0n) is 17.6. The normalized spacial score (nSPS) is 15.6. The van der Waals surface area contributed by atoms with Crippen molar-refractivity contribution in [1.29, 1.82) is 0 Å². The Bertz CT molecular complexity index is 1110. The lowest BCUT2D eigenvalue weighted by Gasteiger charge is -2.22. The lowest BCUT2D eigenvalue weighted by atomic mass is 10.2. The van der Waals surface area contributed by atoms with Crippen LogP contribution >= 0.6 is 0 Å². The van der Waals surface area contributed by atoms with Gasteiger partial charge in [0.05, 0.1) is 0 Å². The average molecular weight is 417 g/mol. The molecule has 1 aliphatic heterocycles. The summed E-state index contributed by atoms with van der Waals surface area (Å²) in [6.45, 7) is 2.04. The molecule has 1 unspecified atom stereocenters. The number of rotatable bonds is 4. The molecule has 0 spiro atoms. The summed E-state index contributed by atoms with van der Waals surface area (Å²) < 4.78 is 18.5. The number of amides is 1. The maximum Gasteiger partial charge on any atom is 0.291 e. The highest BCUT2D eigenvalue weighted by Gasteiger charge is 2.24. The van der Waals surface area contributed by atoms with Gasteiger partial charge >= 0.3 is 0 Å². The van der Waals surface area contributed by atoms with Crippen LogP contribution in [0.5, 0.6) is 0 Å². The molecule has 2 aromatic carbocycles. The number of anilines is 2. The Morgan fingerprint density at radius 2 is 1.81 bits per heavy atom. The summed E-state index contributed by atoms with van der Waals surface area (Å²) in [6, 6.07) is 17.5. The lowest BCUT2D eigenvalue weighted by molar-refractivity contribution is 0.0996. The largest absolute Gasteiger partial charge is 0.443 e. The third-order valence-corrected chi connectivity index (χ3v) is 5.39. The predicted molar refractivity (Wildman–Crippen MR) is 120 cm³/mol. The van der Waals surface area contributed by atoms with Crippen molar-refractivity contribution in [1.82, 2.24) is 4.90 Å². The molecular formula is C25H24FN3O2. The minimum Gasteiger partial charge on any atom is -0.443 e. The molecule has 4 rings (SSSR count). The Balaban J connectivity index is 1.36. The number of nitrogens with one attached hydrogen (secondary N) is 1. The topological polar surface area (TPSA) is 48.7 Å². The highest BCUT2D eigenvalue weighted by molar-refractivity contribution is 6.02. The van der Waals surface area contributed by atoms with Crippen LogP contribution in [0.3, 0.4) is 0 Å². The quantitative estimate of drug-likeness (QED) is 0.646. The maximum atomic E-state index is 13.0. The lowest BCUT2D eigenvalue weighted by Crippen LogP contribution is -2.31. The molecule has 3 aromatic rings. The first-order valence-electron chi connectivity index (χ1n) is 10.2. The first-order chi connectivity index (χ1) is 15.0. The number of halogens is 1. The Hall–Kier alpha value is -3.56. The van der Waals surface area contributed by atoms with E-state index in [2.05, 4.69) is 41.1 Å². The first kappa shape index (κ1) is 20.7. The van der Waals surface area contributed by atoms with Crippen LogP contribution in [0.25, 0.3) is 0 Å². The monoisotopic (exact) mass is 417 g/mol. The van der Waals surface area contributed by atoms with Crippen molar-refractivity contribution in [2.75, 3.05) is 37.4 Å². The number of nitrogens with zero attached hydrogens (tertiary/aromatic N) is 2. The molecule has 1 N–H and O–H groups in total. The summed E-state index contributed by atoms with van der Waals surface area (Å²) in [7, 11) is 4.22. The van der Waals surface area contributed by atoms with Crippen LogP contribution in [0.4, 0.5) is 15.8 Å². The number of hydrogen-bond donors (Lipinski definition) is 1. The van der Waals surface area contributed by atoms with Crippen molar-refractivity contribution in [3.8, 4) is 11.8 Å². The van der Waals surface area contributed by atoms with E-state index >= 15 is 0 Å².